The molecule has 2 rings (SSSR count). The lowest BCUT2D eigenvalue weighted by molar-refractivity contribution is 0.121. The summed E-state index contributed by atoms with van der Waals surface area (Å²) < 4.78 is 5.38. The van der Waals surface area contributed by atoms with Crippen molar-refractivity contribution >= 4 is 5.69 Å². The van der Waals surface area contributed by atoms with E-state index < -0.39 is 0 Å². The molecule has 0 aliphatic carbocycles. The minimum atomic E-state index is 0.305. The SMILES string of the molecule is CC(CON)c1ccccc1N1CCOCC1. The van der Waals surface area contributed by atoms with Crippen molar-refractivity contribution in [1.82, 2.24) is 0 Å². The van der Waals surface area contributed by atoms with Gasteiger partial charge >= 0.3 is 0 Å². The zero-order valence-corrected chi connectivity index (χ0v) is 10.3. The number of nitrogens with zero attached hydrogens (tertiary/aromatic N) is 1. The van der Waals surface area contributed by atoms with E-state index in [4.69, 9.17) is 15.5 Å². The Morgan fingerprint density at radius 1 is 1.35 bits per heavy atom. The molecule has 0 bridgehead atoms. The number of para-hydroxylation sites is 1. The number of rotatable bonds is 4. The predicted octanol–water partition coefficient (Wildman–Crippen LogP) is 1.52. The number of hydrogen-bond acceptors (Lipinski definition) is 4. The molecule has 2 N–H and O–H groups in total. The Balaban J connectivity index is 2.19. The number of hydrogen-bond donors (Lipinski definition) is 1. The van der Waals surface area contributed by atoms with E-state index in [0.717, 1.165) is 26.3 Å². The van der Waals surface area contributed by atoms with Crippen molar-refractivity contribution in [2.45, 2.75) is 12.8 Å². The van der Waals surface area contributed by atoms with Crippen molar-refractivity contribution in [3.05, 3.63) is 29.8 Å². The second kappa shape index (κ2) is 6.00. The fourth-order valence-electron chi connectivity index (χ4n) is 2.23. The van der Waals surface area contributed by atoms with Crippen molar-refractivity contribution in [2.75, 3.05) is 37.8 Å². The molecule has 17 heavy (non-hydrogen) atoms. The van der Waals surface area contributed by atoms with E-state index in [1.165, 1.54) is 11.3 Å². The Bertz CT molecular complexity index is 351. The summed E-state index contributed by atoms with van der Waals surface area (Å²) >= 11 is 0. The fraction of sp³-hybridized carbons (Fsp3) is 0.538. The van der Waals surface area contributed by atoms with Crippen LogP contribution in [0.1, 0.15) is 18.4 Å². The highest BCUT2D eigenvalue weighted by atomic mass is 16.6. The number of nitrogens with two attached hydrogens (primary N) is 1. The summed E-state index contributed by atoms with van der Waals surface area (Å²) in [6.07, 6.45) is 0. The molecule has 1 aliphatic heterocycles. The van der Waals surface area contributed by atoms with E-state index in [1.807, 2.05) is 0 Å². The quantitative estimate of drug-likeness (QED) is 0.805. The maximum atomic E-state index is 5.38. The molecule has 1 aromatic rings. The maximum absolute atomic E-state index is 5.38. The van der Waals surface area contributed by atoms with Crippen LogP contribution in [0.15, 0.2) is 24.3 Å². The van der Waals surface area contributed by atoms with Gasteiger partial charge in [0.05, 0.1) is 19.8 Å². The Kier molecular flexibility index (Phi) is 4.36. The van der Waals surface area contributed by atoms with Gasteiger partial charge in [0.1, 0.15) is 0 Å². The van der Waals surface area contributed by atoms with Gasteiger partial charge in [-0.25, -0.2) is 5.90 Å². The van der Waals surface area contributed by atoms with Crippen molar-refractivity contribution < 1.29 is 9.57 Å². The average molecular weight is 236 g/mol. The molecular formula is C13H20N2O2. The van der Waals surface area contributed by atoms with Gasteiger partial charge in [0.15, 0.2) is 0 Å². The third-order valence-electron chi connectivity index (χ3n) is 3.17. The van der Waals surface area contributed by atoms with E-state index in [1.54, 1.807) is 0 Å². The molecule has 0 spiro atoms. The van der Waals surface area contributed by atoms with Gasteiger partial charge in [0.2, 0.25) is 0 Å². The minimum absolute atomic E-state index is 0.305. The first kappa shape index (κ1) is 12.4. The Hall–Kier alpha value is -1.10. The predicted molar refractivity (Wildman–Crippen MR) is 68.0 cm³/mol. The van der Waals surface area contributed by atoms with Crippen LogP contribution in [0.3, 0.4) is 0 Å². The zero-order chi connectivity index (χ0) is 12.1. The monoisotopic (exact) mass is 236 g/mol. The van der Waals surface area contributed by atoms with Crippen LogP contribution in [0, 0.1) is 0 Å². The van der Waals surface area contributed by atoms with Crippen LogP contribution in [0.25, 0.3) is 0 Å². The first-order valence-electron chi connectivity index (χ1n) is 6.06. The molecule has 0 amide bonds. The van der Waals surface area contributed by atoms with Crippen LogP contribution in [0.4, 0.5) is 5.69 Å². The Morgan fingerprint density at radius 3 is 2.76 bits per heavy atom. The maximum Gasteiger partial charge on any atom is 0.0745 e. The number of anilines is 1. The molecule has 4 nitrogen and oxygen atoms in total. The third-order valence-corrected chi connectivity index (χ3v) is 3.17. The van der Waals surface area contributed by atoms with Crippen molar-refractivity contribution in [1.29, 1.82) is 0 Å². The lowest BCUT2D eigenvalue weighted by Gasteiger charge is -2.31. The van der Waals surface area contributed by atoms with Crippen LogP contribution in [-0.2, 0) is 9.57 Å². The minimum Gasteiger partial charge on any atom is -0.378 e. The lowest BCUT2D eigenvalue weighted by Crippen LogP contribution is -2.37. The van der Waals surface area contributed by atoms with Crippen molar-refractivity contribution in [2.24, 2.45) is 5.90 Å². The molecule has 0 radical (unpaired) electrons. The second-order valence-electron chi connectivity index (χ2n) is 4.39. The smallest absolute Gasteiger partial charge is 0.0745 e. The van der Waals surface area contributed by atoms with Gasteiger partial charge < -0.3 is 14.5 Å². The molecule has 0 saturated carbocycles. The molecule has 94 valence electrons. The summed E-state index contributed by atoms with van der Waals surface area (Å²) in [7, 11) is 0. The van der Waals surface area contributed by atoms with Gasteiger partial charge in [-0.2, -0.15) is 0 Å². The van der Waals surface area contributed by atoms with Crippen LogP contribution < -0.4 is 10.8 Å². The molecule has 1 unspecified atom stereocenters. The van der Waals surface area contributed by atoms with Crippen molar-refractivity contribution in [3.63, 3.8) is 0 Å². The molecule has 1 saturated heterocycles. The molecule has 1 aliphatic rings. The first-order chi connectivity index (χ1) is 8.33. The molecule has 1 heterocycles. The van der Waals surface area contributed by atoms with Gasteiger partial charge in [-0.15, -0.1) is 0 Å². The average Bonchev–Trinajstić information content (AvgIpc) is 2.40. The van der Waals surface area contributed by atoms with E-state index in [2.05, 4.69) is 36.1 Å². The molecule has 4 heteroatoms. The van der Waals surface area contributed by atoms with E-state index in [-0.39, 0.29) is 0 Å². The summed E-state index contributed by atoms with van der Waals surface area (Å²) in [4.78, 5) is 7.12. The molecular weight excluding hydrogens is 216 g/mol. The van der Waals surface area contributed by atoms with E-state index >= 15 is 0 Å². The largest absolute Gasteiger partial charge is 0.378 e. The van der Waals surface area contributed by atoms with Crippen molar-refractivity contribution in [3.8, 4) is 0 Å². The second-order valence-corrected chi connectivity index (χ2v) is 4.39. The molecule has 1 fully saturated rings. The number of morpholine rings is 1. The summed E-state index contributed by atoms with van der Waals surface area (Å²) in [6.45, 7) is 6.18. The number of ether oxygens (including phenoxy) is 1. The van der Waals surface area contributed by atoms with Crippen LogP contribution in [0.2, 0.25) is 0 Å². The molecule has 1 aromatic carbocycles. The van der Waals surface area contributed by atoms with E-state index in [9.17, 15) is 0 Å². The molecule has 1 atom stereocenters. The van der Waals surface area contributed by atoms with Gasteiger partial charge in [-0.05, 0) is 11.6 Å². The lowest BCUT2D eigenvalue weighted by atomic mass is 9.99. The topological polar surface area (TPSA) is 47.7 Å². The number of benzene rings is 1. The zero-order valence-electron chi connectivity index (χ0n) is 10.3. The summed E-state index contributed by atoms with van der Waals surface area (Å²) in [5.41, 5.74) is 2.57. The highest BCUT2D eigenvalue weighted by Gasteiger charge is 2.17. The summed E-state index contributed by atoms with van der Waals surface area (Å²) in [5.74, 6) is 5.47. The third kappa shape index (κ3) is 2.97. The Morgan fingerprint density at radius 2 is 2.06 bits per heavy atom. The van der Waals surface area contributed by atoms with Crippen LogP contribution in [-0.4, -0.2) is 32.9 Å². The van der Waals surface area contributed by atoms with Gasteiger partial charge in [-0.3, -0.25) is 0 Å². The van der Waals surface area contributed by atoms with Gasteiger partial charge in [0.25, 0.3) is 0 Å². The van der Waals surface area contributed by atoms with Gasteiger partial charge in [0, 0.05) is 24.7 Å². The normalized spacial score (nSPS) is 18.1. The van der Waals surface area contributed by atoms with Gasteiger partial charge in [-0.1, -0.05) is 25.1 Å². The highest BCUT2D eigenvalue weighted by Crippen LogP contribution is 2.28. The Labute approximate surface area is 102 Å². The van der Waals surface area contributed by atoms with Crippen LogP contribution >= 0.6 is 0 Å². The van der Waals surface area contributed by atoms with E-state index in [0.29, 0.717) is 12.5 Å². The standard InChI is InChI=1S/C13H20N2O2/c1-11(10-17-14)12-4-2-3-5-13(12)15-6-8-16-9-7-15/h2-5,11H,6-10,14H2,1H3. The van der Waals surface area contributed by atoms with Crippen LogP contribution in [0.5, 0.6) is 0 Å². The first-order valence-corrected chi connectivity index (χ1v) is 6.06. The fourth-order valence-corrected chi connectivity index (χ4v) is 2.23. The molecule has 0 aromatic heterocycles. The highest BCUT2D eigenvalue weighted by molar-refractivity contribution is 5.55. The summed E-state index contributed by atoms with van der Waals surface area (Å²) in [6, 6.07) is 8.44. The summed E-state index contributed by atoms with van der Waals surface area (Å²) in [5, 5.41) is 0.